The fourth-order valence-corrected chi connectivity index (χ4v) is 3.34. The largest absolute Gasteiger partial charge is 0.337 e. The van der Waals surface area contributed by atoms with Crippen LogP contribution in [0.1, 0.15) is 23.3 Å². The van der Waals surface area contributed by atoms with E-state index in [0.29, 0.717) is 5.69 Å². The lowest BCUT2D eigenvalue weighted by Crippen LogP contribution is -2.28. The van der Waals surface area contributed by atoms with Gasteiger partial charge in [0.1, 0.15) is 4.60 Å². The summed E-state index contributed by atoms with van der Waals surface area (Å²) < 4.78 is 2.66. The molecule has 3 heterocycles. The van der Waals surface area contributed by atoms with E-state index >= 15 is 0 Å². The summed E-state index contributed by atoms with van der Waals surface area (Å²) in [5, 5.41) is 1.96. The number of aromatic nitrogens is 2. The number of nitrogens with zero attached hydrogens (tertiary/aromatic N) is 3. The molecule has 1 aliphatic heterocycles. The Morgan fingerprint density at radius 2 is 2.19 bits per heavy atom. The first kappa shape index (κ1) is 10.3. The highest BCUT2D eigenvalue weighted by atomic mass is 79.9. The molecule has 3 rings (SSSR count). The van der Waals surface area contributed by atoms with Crippen LogP contribution in [0.2, 0.25) is 0 Å². The molecule has 0 radical (unpaired) electrons. The Hall–Kier alpha value is -0.880. The molecule has 2 aromatic heterocycles. The number of carbonyl (C=O) groups excluding carboxylic acids is 1. The Morgan fingerprint density at radius 1 is 1.44 bits per heavy atom. The highest BCUT2D eigenvalue weighted by Gasteiger charge is 2.25. The van der Waals surface area contributed by atoms with E-state index in [-0.39, 0.29) is 5.91 Å². The number of hydrogen-bond acceptors (Lipinski definition) is 3. The Bertz CT molecular complexity index is 541. The molecule has 4 nitrogen and oxygen atoms in total. The van der Waals surface area contributed by atoms with Gasteiger partial charge in [-0.15, -0.1) is 11.3 Å². The van der Waals surface area contributed by atoms with Crippen molar-refractivity contribution >= 4 is 38.1 Å². The van der Waals surface area contributed by atoms with E-state index in [1.807, 2.05) is 20.9 Å². The zero-order chi connectivity index (χ0) is 11.1. The molecule has 84 valence electrons. The molecule has 0 saturated carbocycles. The standard InChI is InChI=1S/C10H10BrN3OS/c11-8-7(9(15)13-3-1-2-4-13)12-10-14(8)5-6-16-10/h5-6H,1-4H2. The topological polar surface area (TPSA) is 37.6 Å². The van der Waals surface area contributed by atoms with Gasteiger partial charge in [-0.3, -0.25) is 9.20 Å². The quantitative estimate of drug-likeness (QED) is 0.811. The molecule has 0 bridgehead atoms. The number of halogens is 1. The Balaban J connectivity index is 2.01. The highest BCUT2D eigenvalue weighted by Crippen LogP contribution is 2.24. The average Bonchev–Trinajstić information content (AvgIpc) is 2.95. The molecule has 0 spiro atoms. The lowest BCUT2D eigenvalue weighted by molar-refractivity contribution is 0.0787. The molecule has 2 aromatic rings. The minimum Gasteiger partial charge on any atom is -0.337 e. The summed E-state index contributed by atoms with van der Waals surface area (Å²) in [5.74, 6) is 0.0419. The highest BCUT2D eigenvalue weighted by molar-refractivity contribution is 9.10. The molecular weight excluding hydrogens is 290 g/mol. The summed E-state index contributed by atoms with van der Waals surface area (Å²) in [6.07, 6.45) is 4.12. The lowest BCUT2D eigenvalue weighted by atomic mass is 10.4. The maximum absolute atomic E-state index is 12.2. The molecular formula is C10H10BrN3OS. The first-order valence-electron chi connectivity index (χ1n) is 5.17. The summed E-state index contributed by atoms with van der Waals surface area (Å²) in [6.45, 7) is 1.72. The second-order valence-electron chi connectivity index (χ2n) is 3.81. The summed E-state index contributed by atoms with van der Waals surface area (Å²) in [7, 11) is 0. The van der Waals surface area contributed by atoms with Gasteiger partial charge in [0, 0.05) is 24.7 Å². The molecule has 0 N–H and O–H groups in total. The number of thiazole rings is 1. The van der Waals surface area contributed by atoms with Crippen molar-refractivity contribution in [2.75, 3.05) is 13.1 Å². The third-order valence-corrected chi connectivity index (χ3v) is 4.31. The Morgan fingerprint density at radius 3 is 2.88 bits per heavy atom. The summed E-state index contributed by atoms with van der Waals surface area (Å²) >= 11 is 4.97. The minimum absolute atomic E-state index is 0.0419. The average molecular weight is 300 g/mol. The van der Waals surface area contributed by atoms with Crippen LogP contribution in [0.25, 0.3) is 4.96 Å². The van der Waals surface area contributed by atoms with Gasteiger partial charge in [-0.1, -0.05) is 0 Å². The second kappa shape index (κ2) is 3.85. The van der Waals surface area contributed by atoms with Gasteiger partial charge < -0.3 is 4.90 Å². The van der Waals surface area contributed by atoms with E-state index in [4.69, 9.17) is 0 Å². The number of likely N-dealkylation sites (tertiary alicyclic amines) is 1. The fraction of sp³-hybridized carbons (Fsp3) is 0.400. The first-order chi connectivity index (χ1) is 7.77. The molecule has 0 atom stereocenters. The summed E-state index contributed by atoms with van der Waals surface area (Å²) in [4.78, 5) is 19.2. The normalized spacial score (nSPS) is 16.2. The van der Waals surface area contributed by atoms with Crippen LogP contribution in [-0.4, -0.2) is 33.3 Å². The van der Waals surface area contributed by atoms with Crippen LogP contribution in [0.15, 0.2) is 16.2 Å². The van der Waals surface area contributed by atoms with Crippen molar-refractivity contribution in [1.29, 1.82) is 0 Å². The number of rotatable bonds is 1. The molecule has 0 unspecified atom stereocenters. The maximum Gasteiger partial charge on any atom is 0.275 e. The zero-order valence-electron chi connectivity index (χ0n) is 8.52. The van der Waals surface area contributed by atoms with Crippen molar-refractivity contribution < 1.29 is 4.79 Å². The maximum atomic E-state index is 12.2. The van der Waals surface area contributed by atoms with Gasteiger partial charge in [-0.2, -0.15) is 0 Å². The summed E-state index contributed by atoms with van der Waals surface area (Å²) in [5.41, 5.74) is 0.536. The fourth-order valence-electron chi connectivity index (χ4n) is 1.96. The van der Waals surface area contributed by atoms with Gasteiger partial charge in [-0.25, -0.2) is 4.98 Å². The van der Waals surface area contributed by atoms with Crippen molar-refractivity contribution in [3.63, 3.8) is 0 Å². The van der Waals surface area contributed by atoms with E-state index in [1.165, 1.54) is 11.3 Å². The molecule has 6 heteroatoms. The van der Waals surface area contributed by atoms with Crippen LogP contribution in [0.4, 0.5) is 0 Å². The Labute approximate surface area is 105 Å². The van der Waals surface area contributed by atoms with E-state index in [0.717, 1.165) is 35.5 Å². The van der Waals surface area contributed by atoms with E-state index in [1.54, 1.807) is 0 Å². The number of hydrogen-bond donors (Lipinski definition) is 0. The predicted molar refractivity (Wildman–Crippen MR) is 65.9 cm³/mol. The van der Waals surface area contributed by atoms with E-state index < -0.39 is 0 Å². The number of imidazole rings is 1. The molecule has 1 aliphatic rings. The number of fused-ring (bicyclic) bond motifs is 1. The van der Waals surface area contributed by atoms with Gasteiger partial charge in [0.05, 0.1) is 0 Å². The Kier molecular flexibility index (Phi) is 2.48. The van der Waals surface area contributed by atoms with Gasteiger partial charge in [0.2, 0.25) is 0 Å². The van der Waals surface area contributed by atoms with Crippen LogP contribution in [0.5, 0.6) is 0 Å². The number of carbonyl (C=O) groups is 1. The smallest absolute Gasteiger partial charge is 0.275 e. The van der Waals surface area contributed by atoms with Crippen molar-refractivity contribution in [2.24, 2.45) is 0 Å². The van der Waals surface area contributed by atoms with Crippen LogP contribution in [0, 0.1) is 0 Å². The third-order valence-electron chi connectivity index (χ3n) is 2.80. The third kappa shape index (κ3) is 1.48. The van der Waals surface area contributed by atoms with E-state index in [2.05, 4.69) is 20.9 Å². The van der Waals surface area contributed by atoms with Crippen LogP contribution >= 0.6 is 27.3 Å². The predicted octanol–water partition coefficient (Wildman–Crippen LogP) is 2.39. The van der Waals surface area contributed by atoms with Crippen molar-refractivity contribution in [1.82, 2.24) is 14.3 Å². The monoisotopic (exact) mass is 299 g/mol. The summed E-state index contributed by atoms with van der Waals surface area (Å²) in [6, 6.07) is 0. The second-order valence-corrected chi connectivity index (χ2v) is 5.43. The molecule has 16 heavy (non-hydrogen) atoms. The molecule has 1 amide bonds. The minimum atomic E-state index is 0.0419. The molecule has 1 fully saturated rings. The van der Waals surface area contributed by atoms with Gasteiger partial charge >= 0.3 is 0 Å². The molecule has 0 aromatic carbocycles. The van der Waals surface area contributed by atoms with Gasteiger partial charge in [0.25, 0.3) is 5.91 Å². The van der Waals surface area contributed by atoms with Crippen molar-refractivity contribution in [3.05, 3.63) is 21.9 Å². The van der Waals surface area contributed by atoms with Crippen LogP contribution < -0.4 is 0 Å². The van der Waals surface area contributed by atoms with Crippen LogP contribution in [0.3, 0.4) is 0 Å². The lowest BCUT2D eigenvalue weighted by Gasteiger charge is -2.13. The van der Waals surface area contributed by atoms with Crippen LogP contribution in [-0.2, 0) is 0 Å². The molecule has 1 saturated heterocycles. The van der Waals surface area contributed by atoms with Gasteiger partial charge in [-0.05, 0) is 28.8 Å². The SMILES string of the molecule is O=C(c1nc2sccn2c1Br)N1CCCC1. The first-order valence-corrected chi connectivity index (χ1v) is 6.85. The van der Waals surface area contributed by atoms with E-state index in [9.17, 15) is 4.79 Å². The molecule has 0 aliphatic carbocycles. The zero-order valence-corrected chi connectivity index (χ0v) is 10.9. The van der Waals surface area contributed by atoms with Gasteiger partial charge in [0.15, 0.2) is 10.7 Å². The van der Waals surface area contributed by atoms with Crippen molar-refractivity contribution in [2.45, 2.75) is 12.8 Å². The number of amides is 1. The van der Waals surface area contributed by atoms with Crippen molar-refractivity contribution in [3.8, 4) is 0 Å².